The molecule has 8 nitrogen and oxygen atoms in total. The minimum absolute atomic E-state index is 0.0575. The van der Waals surface area contributed by atoms with Gasteiger partial charge < -0.3 is 35.8 Å². The van der Waals surface area contributed by atoms with Gasteiger partial charge in [0.15, 0.2) is 5.78 Å². The van der Waals surface area contributed by atoms with Crippen LogP contribution in [0.2, 0.25) is 0 Å². The summed E-state index contributed by atoms with van der Waals surface area (Å²) >= 11 is 0. The molecule has 3 aliphatic heterocycles. The first-order valence-electron chi connectivity index (χ1n) is 22.7. The van der Waals surface area contributed by atoms with E-state index in [1.807, 2.05) is 6.92 Å². The molecule has 0 aromatic carbocycles. The molecule has 0 aromatic heterocycles. The number of ketones is 1. The van der Waals surface area contributed by atoms with Crippen molar-refractivity contribution in [2.75, 3.05) is 13.2 Å². The Bertz CT molecular complexity index is 1460. The van der Waals surface area contributed by atoms with Crippen LogP contribution in [0.25, 0.3) is 0 Å². The van der Waals surface area contributed by atoms with Gasteiger partial charge in [-0.25, -0.2) is 0 Å². The van der Waals surface area contributed by atoms with Crippen LogP contribution < -0.4 is 11.1 Å². The van der Waals surface area contributed by atoms with E-state index in [1.54, 1.807) is 0 Å². The van der Waals surface area contributed by atoms with Gasteiger partial charge in [0.2, 0.25) is 0 Å². The van der Waals surface area contributed by atoms with Crippen LogP contribution >= 0.6 is 0 Å². The fourth-order valence-electron chi connectivity index (χ4n) is 14.8. The van der Waals surface area contributed by atoms with E-state index in [0.29, 0.717) is 24.9 Å². The van der Waals surface area contributed by atoms with E-state index in [9.17, 15) is 20.1 Å². The number of aliphatic hydroxyl groups is 3. The third kappa shape index (κ3) is 5.94. The van der Waals surface area contributed by atoms with E-state index in [0.717, 1.165) is 114 Å². The first kappa shape index (κ1) is 39.9. The van der Waals surface area contributed by atoms with Crippen molar-refractivity contribution in [2.24, 2.45) is 57.5 Å². The number of fused-ring (bicyclic) bond motifs is 2. The number of carbonyl (C=O) groups excluding carboxylic acids is 1. The maximum absolute atomic E-state index is 14.8. The average Bonchev–Trinajstić information content (AvgIpc) is 3.91. The van der Waals surface area contributed by atoms with Gasteiger partial charge in [-0.15, -0.1) is 0 Å². The Labute approximate surface area is 326 Å². The molecule has 0 radical (unpaired) electrons. The zero-order valence-electron chi connectivity index (χ0n) is 34.8. The smallest absolute Gasteiger partial charge is 0.162 e. The van der Waals surface area contributed by atoms with Crippen molar-refractivity contribution >= 4 is 5.78 Å². The lowest BCUT2D eigenvalue weighted by molar-refractivity contribution is -0.198. The number of hydrogen-bond donors (Lipinski definition) is 5. The predicted molar refractivity (Wildman–Crippen MR) is 211 cm³/mol. The quantitative estimate of drug-likeness (QED) is 0.103. The van der Waals surface area contributed by atoms with Gasteiger partial charge in [0.1, 0.15) is 17.8 Å². The number of Topliss-reactive ketones (excluding diaryl/α,β-unsaturated/α-hetero) is 1. The van der Waals surface area contributed by atoms with E-state index in [-0.39, 0.29) is 58.7 Å². The third-order valence-corrected chi connectivity index (χ3v) is 18.3. The normalized spacial score (nSPS) is 48.6. The van der Waals surface area contributed by atoms with Crippen LogP contribution in [0.3, 0.4) is 0 Å². The number of hydrogen-bond acceptors (Lipinski definition) is 8. The van der Waals surface area contributed by atoms with Gasteiger partial charge in [-0.1, -0.05) is 60.3 Å². The number of aliphatic hydroxyl groups excluding tert-OH is 1. The number of nitrogens with one attached hydrogen (secondary N) is 1. The van der Waals surface area contributed by atoms with E-state index < -0.39 is 28.3 Å². The van der Waals surface area contributed by atoms with Crippen molar-refractivity contribution in [3.63, 3.8) is 0 Å². The highest BCUT2D eigenvalue weighted by molar-refractivity contribution is 6.00. The van der Waals surface area contributed by atoms with Crippen LogP contribution in [0.15, 0.2) is 11.1 Å². The summed E-state index contributed by atoms with van der Waals surface area (Å²) in [6, 6.07) is 0. The molecule has 3 saturated carbocycles. The lowest BCUT2D eigenvalue weighted by Gasteiger charge is -2.64. The monoisotopic (exact) mass is 753 g/mol. The van der Waals surface area contributed by atoms with Crippen molar-refractivity contribution in [2.45, 2.75) is 205 Å². The predicted octanol–water partition coefficient (Wildman–Crippen LogP) is 7.36. The minimum atomic E-state index is -1.06. The molecule has 8 heteroatoms. The van der Waals surface area contributed by atoms with Gasteiger partial charge >= 0.3 is 0 Å². The summed E-state index contributed by atoms with van der Waals surface area (Å²) in [6.45, 7) is 15.0. The van der Waals surface area contributed by atoms with Crippen molar-refractivity contribution in [1.82, 2.24) is 5.32 Å². The molecular weight excluding hydrogens is 677 g/mol. The van der Waals surface area contributed by atoms with Crippen LogP contribution in [0.1, 0.15) is 164 Å². The topological polar surface area (TPSA) is 138 Å². The lowest BCUT2D eigenvalue weighted by Crippen LogP contribution is -2.66. The van der Waals surface area contributed by atoms with Crippen LogP contribution in [-0.4, -0.2) is 75.5 Å². The number of epoxide rings is 1. The molecule has 3 heterocycles. The van der Waals surface area contributed by atoms with Crippen molar-refractivity contribution in [3.05, 3.63) is 11.1 Å². The Morgan fingerprint density at radius 3 is 2.54 bits per heavy atom. The van der Waals surface area contributed by atoms with Crippen molar-refractivity contribution < 1.29 is 29.6 Å². The number of carbonyl (C=O) groups is 1. The molecule has 0 bridgehead atoms. The number of rotatable bonds is 12. The molecule has 2 unspecified atom stereocenters. The molecule has 0 aromatic rings. The van der Waals surface area contributed by atoms with E-state index >= 15 is 0 Å². The fourth-order valence-corrected chi connectivity index (χ4v) is 14.8. The van der Waals surface area contributed by atoms with Crippen LogP contribution in [0, 0.1) is 51.8 Å². The Balaban J connectivity index is 1.12. The maximum Gasteiger partial charge on any atom is 0.162 e. The molecule has 6 N–H and O–H groups in total. The van der Waals surface area contributed by atoms with Crippen LogP contribution in [0.5, 0.6) is 0 Å². The second-order valence-corrected chi connectivity index (χ2v) is 21.5. The third-order valence-electron chi connectivity index (χ3n) is 18.3. The Hall–Kier alpha value is -0.870. The second kappa shape index (κ2) is 14.2. The minimum Gasteiger partial charge on any atom is -0.393 e. The maximum atomic E-state index is 14.8. The summed E-state index contributed by atoms with van der Waals surface area (Å²) in [4.78, 5) is 14.8. The molecule has 6 fully saturated rings. The van der Waals surface area contributed by atoms with Gasteiger partial charge in [-0.05, 0) is 161 Å². The highest BCUT2D eigenvalue weighted by Crippen LogP contribution is 2.75. The standard InChI is InChI=1S/C46H76N2O6/c1-7-8-9-10-18-44-21-14-31(49)26-34(44)38(50)32-12-11-30-25-35(42(5)20-15-33(44)37(32)46(30,42)52)45(27-28(2)17-23-53-45)40-39(54-40)43(6,51)41(3,4)19-13-29-16-22-48-36(47)24-29/h28-31,33-36,39-40,48-49,51-52H,7-27,47H2,1-6H3/t28-,29?,30+,31-,33-,34-,35-,36?,39-,40+,42-,43-,44+,45-,46+/m0/s1. The summed E-state index contributed by atoms with van der Waals surface area (Å²) in [6.07, 6.45) is 17.3. The molecular formula is C46H76N2O6. The lowest BCUT2D eigenvalue weighted by atomic mass is 9.41. The number of allylic oxidation sites excluding steroid dienone is 1. The van der Waals surface area contributed by atoms with Gasteiger partial charge in [0, 0.05) is 17.9 Å². The van der Waals surface area contributed by atoms with Gasteiger partial charge in [0.25, 0.3) is 0 Å². The zero-order chi connectivity index (χ0) is 38.5. The average molecular weight is 753 g/mol. The molecule has 0 spiro atoms. The molecule has 3 saturated heterocycles. The van der Waals surface area contributed by atoms with Gasteiger partial charge in [-0.2, -0.15) is 0 Å². The number of unbranched alkanes of at least 4 members (excludes halogenated alkanes) is 3. The SMILES string of the molecule is CCCCCC[C@]12CC[C@H](O)C[C@H]1C(=O)C1=C3[C@@H]2CC[C@@]2(C)[C@@H]([C@]4([C@@H]5O[C@@H]5[C@](C)(O)C(C)(C)CCC5CCNC(N)C5)C[C@@H](C)CCO4)C[C@@H](CC1)[C@@]32O. The Morgan fingerprint density at radius 1 is 1.00 bits per heavy atom. The highest BCUT2D eigenvalue weighted by atomic mass is 16.6. The number of nitrogens with two attached hydrogens (primary N) is 1. The molecule has 0 amide bonds. The Kier molecular flexibility index (Phi) is 10.5. The van der Waals surface area contributed by atoms with Gasteiger partial charge in [-0.3, -0.25) is 4.79 Å². The molecule has 54 heavy (non-hydrogen) atoms. The highest BCUT2D eigenvalue weighted by Gasteiger charge is 2.78. The molecule has 15 atom stereocenters. The number of piperidine rings is 1. The molecule has 306 valence electrons. The Morgan fingerprint density at radius 2 is 1.80 bits per heavy atom. The fraction of sp³-hybridized carbons (Fsp3) is 0.935. The first-order chi connectivity index (χ1) is 25.6. The first-order valence-corrected chi connectivity index (χ1v) is 22.7. The van der Waals surface area contributed by atoms with Crippen LogP contribution in [-0.2, 0) is 14.3 Å². The number of ether oxygens (including phenoxy) is 2. The van der Waals surface area contributed by atoms with E-state index in [4.69, 9.17) is 15.2 Å². The van der Waals surface area contributed by atoms with E-state index in [2.05, 4.69) is 39.9 Å². The van der Waals surface area contributed by atoms with Crippen LogP contribution in [0.4, 0.5) is 0 Å². The van der Waals surface area contributed by atoms with E-state index in [1.165, 1.54) is 19.3 Å². The zero-order valence-corrected chi connectivity index (χ0v) is 34.8. The summed E-state index contributed by atoms with van der Waals surface area (Å²) in [7, 11) is 0. The summed E-state index contributed by atoms with van der Waals surface area (Å²) in [5.74, 6) is 1.48. The molecule has 5 aliphatic carbocycles. The summed E-state index contributed by atoms with van der Waals surface area (Å²) in [5.41, 5.74) is 4.59. The van der Waals surface area contributed by atoms with Crippen molar-refractivity contribution in [1.29, 1.82) is 0 Å². The summed E-state index contributed by atoms with van der Waals surface area (Å²) in [5, 5.41) is 40.6. The summed E-state index contributed by atoms with van der Waals surface area (Å²) < 4.78 is 14.0. The second-order valence-electron chi connectivity index (χ2n) is 21.5. The van der Waals surface area contributed by atoms with Gasteiger partial charge in [0.05, 0.1) is 23.5 Å². The molecule has 8 rings (SSSR count). The molecule has 8 aliphatic rings. The largest absolute Gasteiger partial charge is 0.393 e. The van der Waals surface area contributed by atoms with Crippen molar-refractivity contribution in [3.8, 4) is 0 Å².